The molecule has 0 radical (unpaired) electrons. The molecular formula is C10H11F3O4S. The Balaban J connectivity index is 2.97. The number of benzene rings is 1. The van der Waals surface area contributed by atoms with Crippen molar-refractivity contribution in [3.8, 4) is 5.75 Å². The van der Waals surface area contributed by atoms with Crippen molar-refractivity contribution in [3.05, 3.63) is 29.8 Å². The van der Waals surface area contributed by atoms with Crippen LogP contribution >= 0.6 is 0 Å². The highest BCUT2D eigenvalue weighted by Crippen LogP contribution is 2.27. The number of alkyl halides is 3. The zero-order valence-corrected chi connectivity index (χ0v) is 10.1. The average molecular weight is 284 g/mol. The minimum absolute atomic E-state index is 0.0801. The van der Waals surface area contributed by atoms with Crippen molar-refractivity contribution in [1.29, 1.82) is 0 Å². The fourth-order valence-electron chi connectivity index (χ4n) is 1.23. The SMILES string of the molecule is Cc1ccccc1OC(CS(=O)(=O)O)C(F)(F)F. The third kappa shape index (κ3) is 4.53. The first-order valence-corrected chi connectivity index (χ1v) is 6.44. The van der Waals surface area contributed by atoms with Crippen molar-refractivity contribution in [2.24, 2.45) is 0 Å². The van der Waals surface area contributed by atoms with E-state index in [9.17, 15) is 21.6 Å². The Hall–Kier alpha value is -1.28. The van der Waals surface area contributed by atoms with Gasteiger partial charge in [0.1, 0.15) is 11.5 Å². The van der Waals surface area contributed by atoms with Gasteiger partial charge in [0.25, 0.3) is 10.1 Å². The van der Waals surface area contributed by atoms with Gasteiger partial charge in [0.15, 0.2) is 0 Å². The summed E-state index contributed by atoms with van der Waals surface area (Å²) in [6.07, 6.45) is -7.49. The molecule has 18 heavy (non-hydrogen) atoms. The third-order valence-corrected chi connectivity index (χ3v) is 2.81. The predicted molar refractivity (Wildman–Crippen MR) is 58.1 cm³/mol. The minimum atomic E-state index is -4.89. The summed E-state index contributed by atoms with van der Waals surface area (Å²) in [5.41, 5.74) is 0.432. The summed E-state index contributed by atoms with van der Waals surface area (Å²) in [5.74, 6) is -1.62. The number of rotatable bonds is 4. The Kier molecular flexibility index (Phi) is 4.23. The Morgan fingerprint density at radius 1 is 1.33 bits per heavy atom. The van der Waals surface area contributed by atoms with Gasteiger partial charge in [-0.1, -0.05) is 18.2 Å². The van der Waals surface area contributed by atoms with E-state index in [4.69, 9.17) is 4.55 Å². The molecule has 0 amide bonds. The van der Waals surface area contributed by atoms with Gasteiger partial charge >= 0.3 is 6.18 Å². The van der Waals surface area contributed by atoms with Gasteiger partial charge in [-0.15, -0.1) is 0 Å². The van der Waals surface area contributed by atoms with Gasteiger partial charge < -0.3 is 4.74 Å². The number of ether oxygens (including phenoxy) is 1. The molecule has 102 valence electrons. The summed E-state index contributed by atoms with van der Waals surface area (Å²) < 4.78 is 71.9. The first kappa shape index (κ1) is 14.8. The molecule has 0 aliphatic carbocycles. The molecule has 0 spiro atoms. The maximum atomic E-state index is 12.6. The average Bonchev–Trinajstić information content (AvgIpc) is 2.17. The summed E-state index contributed by atoms with van der Waals surface area (Å²) in [6, 6.07) is 5.88. The maximum Gasteiger partial charge on any atom is 0.426 e. The first-order chi connectivity index (χ1) is 8.09. The molecule has 1 rings (SSSR count). The van der Waals surface area contributed by atoms with E-state index in [0.717, 1.165) is 0 Å². The molecule has 0 bridgehead atoms. The van der Waals surface area contributed by atoms with Crippen molar-refractivity contribution in [1.82, 2.24) is 0 Å². The van der Waals surface area contributed by atoms with E-state index in [1.165, 1.54) is 25.1 Å². The van der Waals surface area contributed by atoms with Crippen molar-refractivity contribution in [2.45, 2.75) is 19.2 Å². The standard InChI is InChI=1S/C10H11F3O4S/c1-7-4-2-3-5-8(7)17-9(10(11,12)13)6-18(14,15)16/h2-5,9H,6H2,1H3,(H,14,15,16). The molecule has 0 saturated heterocycles. The predicted octanol–water partition coefficient (Wildman–Crippen LogP) is 2.19. The second kappa shape index (κ2) is 5.15. The largest absolute Gasteiger partial charge is 0.479 e. The summed E-state index contributed by atoms with van der Waals surface area (Å²) in [7, 11) is -4.78. The summed E-state index contributed by atoms with van der Waals surface area (Å²) in [5, 5.41) is 0. The summed E-state index contributed by atoms with van der Waals surface area (Å²) >= 11 is 0. The van der Waals surface area contributed by atoms with E-state index in [-0.39, 0.29) is 5.75 Å². The normalized spacial score (nSPS) is 14.3. The van der Waals surface area contributed by atoms with Gasteiger partial charge in [-0.05, 0) is 18.6 Å². The number of hydrogen-bond acceptors (Lipinski definition) is 3. The fourth-order valence-corrected chi connectivity index (χ4v) is 1.87. The number of halogens is 3. The van der Waals surface area contributed by atoms with Gasteiger partial charge in [-0.25, -0.2) is 0 Å². The molecule has 8 heteroatoms. The highest BCUT2D eigenvalue weighted by atomic mass is 32.2. The van der Waals surface area contributed by atoms with Crippen LogP contribution in [0.5, 0.6) is 5.75 Å². The molecule has 4 nitrogen and oxygen atoms in total. The van der Waals surface area contributed by atoms with Crippen LogP contribution in [0.15, 0.2) is 24.3 Å². The van der Waals surface area contributed by atoms with Crippen LogP contribution in [0.1, 0.15) is 5.56 Å². The molecule has 0 saturated carbocycles. The molecule has 1 N–H and O–H groups in total. The van der Waals surface area contributed by atoms with Crippen molar-refractivity contribution in [2.75, 3.05) is 5.75 Å². The first-order valence-electron chi connectivity index (χ1n) is 4.84. The van der Waals surface area contributed by atoms with Crippen LogP contribution in [-0.4, -0.2) is 31.0 Å². The lowest BCUT2D eigenvalue weighted by molar-refractivity contribution is -0.188. The lowest BCUT2D eigenvalue weighted by atomic mass is 10.2. The monoisotopic (exact) mass is 284 g/mol. The van der Waals surface area contributed by atoms with Gasteiger partial charge in [-0.3, -0.25) is 4.55 Å². The fraction of sp³-hybridized carbons (Fsp3) is 0.400. The van der Waals surface area contributed by atoms with Crippen LogP contribution in [0.2, 0.25) is 0 Å². The number of para-hydroxylation sites is 1. The molecular weight excluding hydrogens is 273 g/mol. The molecule has 1 unspecified atom stereocenters. The Morgan fingerprint density at radius 3 is 2.33 bits per heavy atom. The highest BCUT2D eigenvalue weighted by molar-refractivity contribution is 7.85. The molecule has 0 aliphatic rings. The summed E-state index contributed by atoms with van der Waals surface area (Å²) in [6.45, 7) is 1.52. The van der Waals surface area contributed by atoms with Crippen molar-refractivity contribution in [3.63, 3.8) is 0 Å². The van der Waals surface area contributed by atoms with E-state index in [0.29, 0.717) is 5.56 Å². The molecule has 1 atom stereocenters. The zero-order chi connectivity index (χ0) is 14.0. The van der Waals surface area contributed by atoms with Gasteiger partial charge in [0, 0.05) is 0 Å². The zero-order valence-electron chi connectivity index (χ0n) is 9.31. The van der Waals surface area contributed by atoms with Crippen LogP contribution < -0.4 is 4.74 Å². The molecule has 0 aromatic heterocycles. The third-order valence-electron chi connectivity index (χ3n) is 2.09. The highest BCUT2D eigenvalue weighted by Gasteiger charge is 2.44. The van der Waals surface area contributed by atoms with Gasteiger partial charge in [-0.2, -0.15) is 21.6 Å². The Labute approximate surface area is 102 Å². The van der Waals surface area contributed by atoms with Gasteiger partial charge in [0.05, 0.1) is 0 Å². The lowest BCUT2D eigenvalue weighted by Gasteiger charge is -2.21. The maximum absolute atomic E-state index is 12.6. The smallest absolute Gasteiger partial charge is 0.426 e. The van der Waals surface area contributed by atoms with E-state index in [1.54, 1.807) is 6.07 Å². The topological polar surface area (TPSA) is 63.6 Å². The molecule has 0 aliphatic heterocycles. The summed E-state index contributed by atoms with van der Waals surface area (Å²) in [4.78, 5) is 0. The number of hydrogen-bond donors (Lipinski definition) is 1. The minimum Gasteiger partial charge on any atom is -0.479 e. The van der Waals surface area contributed by atoms with Crippen molar-refractivity contribution < 1.29 is 30.9 Å². The van der Waals surface area contributed by atoms with Crippen molar-refractivity contribution >= 4 is 10.1 Å². The van der Waals surface area contributed by atoms with Crippen LogP contribution in [0.4, 0.5) is 13.2 Å². The van der Waals surface area contributed by atoms with E-state index in [1.807, 2.05) is 0 Å². The molecule has 0 heterocycles. The van der Waals surface area contributed by atoms with E-state index < -0.39 is 28.2 Å². The Bertz CT molecular complexity index is 510. The van der Waals surface area contributed by atoms with Crippen LogP contribution in [0, 0.1) is 6.92 Å². The van der Waals surface area contributed by atoms with E-state index >= 15 is 0 Å². The quantitative estimate of drug-likeness (QED) is 0.861. The second-order valence-electron chi connectivity index (χ2n) is 3.66. The van der Waals surface area contributed by atoms with Gasteiger partial charge in [0.2, 0.25) is 6.10 Å². The van der Waals surface area contributed by atoms with E-state index in [2.05, 4.69) is 4.74 Å². The van der Waals surface area contributed by atoms with Crippen LogP contribution in [-0.2, 0) is 10.1 Å². The molecule has 1 aromatic carbocycles. The van der Waals surface area contributed by atoms with Crippen LogP contribution in [0.25, 0.3) is 0 Å². The second-order valence-corrected chi connectivity index (χ2v) is 5.16. The molecule has 1 aromatic rings. The Morgan fingerprint density at radius 2 is 1.89 bits per heavy atom. The molecule has 0 fully saturated rings. The number of aryl methyl sites for hydroxylation is 1. The van der Waals surface area contributed by atoms with Crippen LogP contribution in [0.3, 0.4) is 0 Å². The lowest BCUT2D eigenvalue weighted by Crippen LogP contribution is -2.40.